The minimum absolute atomic E-state index is 0.00382. The lowest BCUT2D eigenvalue weighted by Gasteiger charge is -2.27. The van der Waals surface area contributed by atoms with Gasteiger partial charge in [-0.05, 0) is 43.7 Å². The van der Waals surface area contributed by atoms with Crippen molar-refractivity contribution in [3.63, 3.8) is 0 Å². The highest BCUT2D eigenvalue weighted by molar-refractivity contribution is 7.14. The number of hydrogen-bond donors (Lipinski definition) is 1. The summed E-state index contributed by atoms with van der Waals surface area (Å²) in [7, 11) is 1.47. The average Bonchev–Trinajstić information content (AvgIpc) is 3.27. The van der Waals surface area contributed by atoms with Gasteiger partial charge in [-0.25, -0.2) is 4.98 Å². The van der Waals surface area contributed by atoms with Crippen LogP contribution in [0.4, 0.5) is 18.9 Å². The number of halogens is 3. The lowest BCUT2D eigenvalue weighted by molar-refractivity contribution is -0.274. The largest absolute Gasteiger partial charge is 0.573 e. The molecule has 0 bridgehead atoms. The molecule has 0 fully saturated rings. The number of anilines is 1. The summed E-state index contributed by atoms with van der Waals surface area (Å²) in [4.78, 5) is 32.3. The van der Waals surface area contributed by atoms with E-state index in [0.717, 1.165) is 28.4 Å². The number of nitrogens with zero attached hydrogens (tertiary/aromatic N) is 2. The first-order valence-corrected chi connectivity index (χ1v) is 11.1. The number of alkyl halides is 3. The van der Waals surface area contributed by atoms with E-state index in [4.69, 9.17) is 4.74 Å². The molecule has 2 heterocycles. The molecule has 3 aromatic rings. The van der Waals surface area contributed by atoms with Crippen LogP contribution in [-0.4, -0.2) is 35.3 Å². The van der Waals surface area contributed by atoms with Crippen LogP contribution in [0.25, 0.3) is 0 Å². The van der Waals surface area contributed by atoms with Crippen LogP contribution in [0.5, 0.6) is 11.5 Å². The Morgan fingerprint density at radius 2 is 1.80 bits per heavy atom. The molecule has 11 heteroatoms. The summed E-state index contributed by atoms with van der Waals surface area (Å²) in [6, 6.07) is 10.1. The van der Waals surface area contributed by atoms with Crippen molar-refractivity contribution in [2.45, 2.75) is 26.3 Å². The third kappa shape index (κ3) is 4.72. The summed E-state index contributed by atoms with van der Waals surface area (Å²) in [5.41, 5.74) is 0.684. The SMILES string of the molecule is COc1ccc(C2C(C(=O)c3sc(C)nc3C)=C(O)C(=O)N2c2cccc(OC(F)(F)F)c2)cc1. The molecule has 0 radical (unpaired) electrons. The van der Waals surface area contributed by atoms with Crippen molar-refractivity contribution in [3.05, 3.63) is 81.0 Å². The monoisotopic (exact) mass is 504 g/mol. The Labute approximate surface area is 202 Å². The molecule has 1 aliphatic heterocycles. The third-order valence-electron chi connectivity index (χ3n) is 5.32. The number of ether oxygens (including phenoxy) is 2. The maximum Gasteiger partial charge on any atom is 0.573 e. The standard InChI is InChI=1S/C24H19F3N2O5S/c1-12-22(35-13(2)28-12)20(30)18-19(14-7-9-16(33-3)10-8-14)29(23(32)21(18)31)15-5-4-6-17(11-15)34-24(25,26)27/h4-11,19,31H,1-3H3. The van der Waals surface area contributed by atoms with Gasteiger partial charge < -0.3 is 14.6 Å². The summed E-state index contributed by atoms with van der Waals surface area (Å²) in [6.07, 6.45) is -4.94. The molecule has 35 heavy (non-hydrogen) atoms. The molecule has 0 saturated carbocycles. The van der Waals surface area contributed by atoms with Crippen molar-refractivity contribution in [3.8, 4) is 11.5 Å². The van der Waals surface area contributed by atoms with E-state index in [2.05, 4.69) is 9.72 Å². The Hall–Kier alpha value is -3.86. The zero-order valence-corrected chi connectivity index (χ0v) is 19.5. The van der Waals surface area contributed by atoms with Gasteiger partial charge in [0.2, 0.25) is 5.78 Å². The van der Waals surface area contributed by atoms with Gasteiger partial charge in [0, 0.05) is 11.8 Å². The Morgan fingerprint density at radius 3 is 2.37 bits per heavy atom. The molecular weight excluding hydrogens is 485 g/mol. The molecule has 4 rings (SSSR count). The Bertz CT molecular complexity index is 1330. The minimum atomic E-state index is -4.94. The highest BCUT2D eigenvalue weighted by Crippen LogP contribution is 2.44. The fraction of sp³-hybridized carbons (Fsp3) is 0.208. The van der Waals surface area contributed by atoms with Gasteiger partial charge in [0.15, 0.2) is 5.76 Å². The second-order valence-corrected chi connectivity index (χ2v) is 8.84. The summed E-state index contributed by atoms with van der Waals surface area (Å²) < 4.78 is 47.5. The molecule has 0 saturated heterocycles. The van der Waals surface area contributed by atoms with Crippen LogP contribution in [0, 0.1) is 13.8 Å². The third-order valence-corrected chi connectivity index (χ3v) is 6.40. The van der Waals surface area contributed by atoms with E-state index in [1.54, 1.807) is 38.1 Å². The van der Waals surface area contributed by atoms with Crippen LogP contribution >= 0.6 is 11.3 Å². The number of aliphatic hydroxyl groups excluding tert-OH is 1. The van der Waals surface area contributed by atoms with Gasteiger partial charge in [-0.3, -0.25) is 14.5 Å². The van der Waals surface area contributed by atoms with Crippen molar-refractivity contribution < 1.29 is 37.3 Å². The van der Waals surface area contributed by atoms with Crippen molar-refractivity contribution in [2.24, 2.45) is 0 Å². The number of aryl methyl sites for hydroxylation is 2. The van der Waals surface area contributed by atoms with Gasteiger partial charge in [0.25, 0.3) is 5.91 Å². The zero-order valence-electron chi connectivity index (χ0n) is 18.7. The van der Waals surface area contributed by atoms with E-state index in [9.17, 15) is 27.9 Å². The molecular formula is C24H19F3N2O5S. The maximum absolute atomic E-state index is 13.6. The first-order chi connectivity index (χ1) is 16.5. The lowest BCUT2D eigenvalue weighted by Crippen LogP contribution is -2.31. The van der Waals surface area contributed by atoms with Crippen LogP contribution in [0.1, 0.15) is 32.0 Å². The van der Waals surface area contributed by atoms with E-state index >= 15 is 0 Å². The number of carbonyl (C=O) groups excluding carboxylic acids is 2. The minimum Gasteiger partial charge on any atom is -0.503 e. The second-order valence-electron chi connectivity index (χ2n) is 7.63. The molecule has 1 amide bonds. The summed E-state index contributed by atoms with van der Waals surface area (Å²) in [5, 5.41) is 11.5. The van der Waals surface area contributed by atoms with E-state index in [1.807, 2.05) is 0 Å². The van der Waals surface area contributed by atoms with Crippen molar-refractivity contribution in [2.75, 3.05) is 12.0 Å². The molecule has 7 nitrogen and oxygen atoms in total. The number of hydrogen-bond acceptors (Lipinski definition) is 7. The number of methoxy groups -OCH3 is 1. The lowest BCUT2D eigenvalue weighted by atomic mass is 9.94. The number of aliphatic hydroxyl groups is 1. The van der Waals surface area contributed by atoms with Gasteiger partial charge in [0.05, 0.1) is 34.3 Å². The molecule has 1 aliphatic rings. The van der Waals surface area contributed by atoms with E-state index in [0.29, 0.717) is 22.0 Å². The molecule has 1 unspecified atom stereocenters. The van der Waals surface area contributed by atoms with Gasteiger partial charge in [0.1, 0.15) is 11.5 Å². The van der Waals surface area contributed by atoms with Crippen molar-refractivity contribution >= 4 is 28.7 Å². The van der Waals surface area contributed by atoms with Crippen molar-refractivity contribution in [1.82, 2.24) is 4.98 Å². The topological polar surface area (TPSA) is 89.0 Å². The van der Waals surface area contributed by atoms with E-state index < -0.39 is 35.6 Å². The molecule has 182 valence electrons. The van der Waals surface area contributed by atoms with E-state index in [-0.39, 0.29) is 16.1 Å². The Morgan fingerprint density at radius 1 is 1.11 bits per heavy atom. The number of thiazole rings is 1. The van der Waals surface area contributed by atoms with Gasteiger partial charge in [-0.1, -0.05) is 18.2 Å². The predicted molar refractivity (Wildman–Crippen MR) is 122 cm³/mol. The molecule has 0 spiro atoms. The van der Waals surface area contributed by atoms with Crippen LogP contribution in [0.15, 0.2) is 59.9 Å². The molecule has 1 atom stereocenters. The summed E-state index contributed by atoms with van der Waals surface area (Å²) in [6.45, 7) is 3.37. The van der Waals surface area contributed by atoms with Crippen molar-refractivity contribution in [1.29, 1.82) is 0 Å². The number of carbonyl (C=O) groups is 2. The fourth-order valence-corrected chi connectivity index (χ4v) is 4.77. The van der Waals surface area contributed by atoms with E-state index in [1.165, 1.54) is 19.2 Å². The predicted octanol–water partition coefficient (Wildman–Crippen LogP) is 5.45. The second kappa shape index (κ2) is 9.06. The van der Waals surface area contributed by atoms with Gasteiger partial charge in [-0.2, -0.15) is 0 Å². The maximum atomic E-state index is 13.6. The smallest absolute Gasteiger partial charge is 0.503 e. The van der Waals surface area contributed by atoms with Crippen LogP contribution in [0.2, 0.25) is 0 Å². The van der Waals surface area contributed by atoms with Gasteiger partial charge >= 0.3 is 6.36 Å². The highest BCUT2D eigenvalue weighted by Gasteiger charge is 2.45. The molecule has 1 N–H and O–H groups in total. The Kier molecular flexibility index (Phi) is 6.28. The zero-order chi connectivity index (χ0) is 25.5. The molecule has 0 aliphatic carbocycles. The number of Topliss-reactive ketones (excluding diaryl/α,β-unsaturated/α-hetero) is 1. The number of rotatable bonds is 6. The first-order valence-electron chi connectivity index (χ1n) is 10.3. The summed E-state index contributed by atoms with van der Waals surface area (Å²) in [5.74, 6) is -2.35. The summed E-state index contributed by atoms with van der Waals surface area (Å²) >= 11 is 1.12. The quantitative estimate of drug-likeness (QED) is 0.449. The molecule has 1 aromatic heterocycles. The molecule has 2 aromatic carbocycles. The number of ketones is 1. The highest BCUT2D eigenvalue weighted by atomic mass is 32.1. The number of aromatic nitrogens is 1. The van der Waals surface area contributed by atoms with Crippen LogP contribution in [0.3, 0.4) is 0 Å². The number of benzene rings is 2. The number of amides is 1. The first kappa shape index (κ1) is 24.3. The van der Waals surface area contributed by atoms with Crippen LogP contribution < -0.4 is 14.4 Å². The van der Waals surface area contributed by atoms with Crippen LogP contribution in [-0.2, 0) is 4.79 Å². The van der Waals surface area contributed by atoms with Gasteiger partial charge in [-0.15, -0.1) is 24.5 Å². The fourth-order valence-electron chi connectivity index (χ4n) is 3.90. The average molecular weight is 504 g/mol. The Balaban J connectivity index is 1.85. The normalized spacial score (nSPS) is 16.1.